The van der Waals surface area contributed by atoms with Gasteiger partial charge in [0.25, 0.3) is 5.91 Å². The predicted molar refractivity (Wildman–Crippen MR) is 70.7 cm³/mol. The van der Waals surface area contributed by atoms with Crippen molar-refractivity contribution in [1.29, 1.82) is 0 Å². The average molecular weight is 267 g/mol. The Morgan fingerprint density at radius 2 is 2.11 bits per heavy atom. The Hall–Kier alpha value is -2.11. The molecule has 0 aliphatic carbocycles. The van der Waals surface area contributed by atoms with Crippen LogP contribution in [0.3, 0.4) is 0 Å². The van der Waals surface area contributed by atoms with Gasteiger partial charge in [-0.2, -0.15) is 0 Å². The van der Waals surface area contributed by atoms with Gasteiger partial charge in [-0.05, 0) is 30.7 Å². The van der Waals surface area contributed by atoms with Crippen LogP contribution in [0.1, 0.15) is 29.8 Å². The molecule has 0 radical (unpaired) electrons. The van der Waals surface area contributed by atoms with Crippen molar-refractivity contribution in [3.63, 3.8) is 0 Å². The fraction of sp³-hybridized carbons (Fsp3) is 0.385. The summed E-state index contributed by atoms with van der Waals surface area (Å²) in [6.07, 6.45) is 0. The maximum absolute atomic E-state index is 13.2. The van der Waals surface area contributed by atoms with Gasteiger partial charge in [-0.3, -0.25) is 4.79 Å². The van der Waals surface area contributed by atoms with E-state index in [1.54, 1.807) is 26.8 Å². The van der Waals surface area contributed by atoms with Crippen LogP contribution in [-0.2, 0) is 0 Å². The molecule has 0 saturated carbocycles. The van der Waals surface area contributed by atoms with Gasteiger partial charge in [0.2, 0.25) is 0 Å². The highest BCUT2D eigenvalue weighted by Gasteiger charge is 2.24. The van der Waals surface area contributed by atoms with Crippen molar-refractivity contribution in [3.05, 3.63) is 35.1 Å². The van der Waals surface area contributed by atoms with Crippen molar-refractivity contribution in [2.24, 2.45) is 16.3 Å². The number of oxime groups is 1. The third kappa shape index (κ3) is 3.94. The summed E-state index contributed by atoms with van der Waals surface area (Å²) in [5.41, 5.74) is 5.74. The maximum Gasteiger partial charge on any atom is 0.251 e. The van der Waals surface area contributed by atoms with Crippen molar-refractivity contribution in [2.75, 3.05) is 6.54 Å². The second-order valence-corrected chi connectivity index (χ2v) is 5.07. The van der Waals surface area contributed by atoms with Crippen molar-refractivity contribution < 1.29 is 14.4 Å². The quantitative estimate of drug-likeness (QED) is 0.335. The Morgan fingerprint density at radius 3 is 2.63 bits per heavy atom. The number of benzene rings is 1. The van der Waals surface area contributed by atoms with E-state index in [1.807, 2.05) is 0 Å². The van der Waals surface area contributed by atoms with Gasteiger partial charge in [-0.15, -0.1) is 0 Å². The first-order chi connectivity index (χ1) is 8.76. The number of nitrogens with two attached hydrogens (primary N) is 1. The highest BCUT2D eigenvalue weighted by Crippen LogP contribution is 2.14. The summed E-state index contributed by atoms with van der Waals surface area (Å²) in [7, 11) is 0. The molecule has 0 atom stereocenters. The van der Waals surface area contributed by atoms with Gasteiger partial charge in [0, 0.05) is 17.5 Å². The molecular formula is C13H18FN3O2. The molecule has 0 bridgehead atoms. The van der Waals surface area contributed by atoms with Crippen LogP contribution in [0.5, 0.6) is 0 Å². The van der Waals surface area contributed by atoms with Crippen LogP contribution in [0.15, 0.2) is 23.4 Å². The number of amidine groups is 1. The summed E-state index contributed by atoms with van der Waals surface area (Å²) in [4.78, 5) is 11.9. The molecule has 4 N–H and O–H groups in total. The van der Waals surface area contributed by atoms with Gasteiger partial charge in [0.05, 0.1) is 0 Å². The molecule has 0 aliphatic rings. The number of carbonyl (C=O) groups excluding carboxylic acids is 1. The SMILES string of the molecule is Cc1cc(F)cc(C(=O)NCC(C)(C)/C(N)=N/O)c1. The van der Waals surface area contributed by atoms with E-state index in [9.17, 15) is 9.18 Å². The number of halogens is 1. The largest absolute Gasteiger partial charge is 0.409 e. The molecule has 0 aliphatic heterocycles. The van der Waals surface area contributed by atoms with Gasteiger partial charge < -0.3 is 16.3 Å². The summed E-state index contributed by atoms with van der Waals surface area (Å²) in [5, 5.41) is 14.2. The summed E-state index contributed by atoms with van der Waals surface area (Å²) in [6, 6.07) is 4.10. The number of hydrogen-bond donors (Lipinski definition) is 3. The number of amides is 1. The minimum absolute atomic E-state index is 0.0169. The van der Waals surface area contributed by atoms with Crippen molar-refractivity contribution in [1.82, 2.24) is 5.32 Å². The first kappa shape index (κ1) is 14.9. The van der Waals surface area contributed by atoms with E-state index in [0.717, 1.165) is 0 Å². The molecule has 1 rings (SSSR count). The van der Waals surface area contributed by atoms with Crippen LogP contribution < -0.4 is 11.1 Å². The molecular weight excluding hydrogens is 249 g/mol. The Kier molecular flexibility index (Phi) is 4.47. The van der Waals surface area contributed by atoms with Crippen LogP contribution >= 0.6 is 0 Å². The molecule has 1 amide bonds. The van der Waals surface area contributed by atoms with E-state index >= 15 is 0 Å². The fourth-order valence-electron chi connectivity index (χ4n) is 1.50. The Labute approximate surface area is 111 Å². The third-order valence-corrected chi connectivity index (χ3v) is 2.80. The summed E-state index contributed by atoms with van der Waals surface area (Å²) < 4.78 is 13.2. The van der Waals surface area contributed by atoms with Crippen LogP contribution in [0.4, 0.5) is 4.39 Å². The van der Waals surface area contributed by atoms with Crippen molar-refractivity contribution in [2.45, 2.75) is 20.8 Å². The van der Waals surface area contributed by atoms with Crippen LogP contribution in [0.25, 0.3) is 0 Å². The number of nitrogens with zero attached hydrogens (tertiary/aromatic N) is 1. The average Bonchev–Trinajstić information content (AvgIpc) is 2.33. The summed E-state index contributed by atoms with van der Waals surface area (Å²) in [6.45, 7) is 5.33. The van der Waals surface area contributed by atoms with Crippen molar-refractivity contribution in [3.8, 4) is 0 Å². The molecule has 1 aromatic rings. The van der Waals surface area contributed by atoms with E-state index in [4.69, 9.17) is 10.9 Å². The lowest BCUT2D eigenvalue weighted by molar-refractivity contribution is 0.0943. The van der Waals surface area contributed by atoms with Crippen molar-refractivity contribution >= 4 is 11.7 Å². The summed E-state index contributed by atoms with van der Waals surface area (Å²) >= 11 is 0. The Balaban J connectivity index is 2.76. The second-order valence-electron chi connectivity index (χ2n) is 5.07. The molecule has 0 spiro atoms. The normalized spacial score (nSPS) is 12.3. The lowest BCUT2D eigenvalue weighted by Crippen LogP contribution is -2.42. The second kappa shape index (κ2) is 5.69. The smallest absolute Gasteiger partial charge is 0.251 e. The summed E-state index contributed by atoms with van der Waals surface area (Å²) in [5.74, 6) is -0.842. The highest BCUT2D eigenvalue weighted by atomic mass is 19.1. The molecule has 104 valence electrons. The first-order valence-electron chi connectivity index (χ1n) is 5.79. The number of aryl methyl sites for hydroxylation is 1. The van der Waals surface area contributed by atoms with E-state index in [0.29, 0.717) is 5.56 Å². The monoisotopic (exact) mass is 267 g/mol. The third-order valence-electron chi connectivity index (χ3n) is 2.80. The molecule has 0 unspecified atom stereocenters. The van der Waals surface area contributed by atoms with E-state index in [-0.39, 0.29) is 17.9 Å². The minimum atomic E-state index is -0.688. The van der Waals surface area contributed by atoms with Crippen LogP contribution in [0, 0.1) is 18.2 Å². The highest BCUT2D eigenvalue weighted by molar-refractivity contribution is 5.95. The molecule has 0 saturated heterocycles. The Bertz CT molecular complexity index is 492. The maximum atomic E-state index is 13.2. The number of carbonyl (C=O) groups is 1. The van der Waals surface area contributed by atoms with Crippen LogP contribution in [-0.4, -0.2) is 23.5 Å². The minimum Gasteiger partial charge on any atom is -0.409 e. The van der Waals surface area contributed by atoms with Gasteiger partial charge in [0.15, 0.2) is 0 Å². The van der Waals surface area contributed by atoms with E-state index in [2.05, 4.69) is 10.5 Å². The fourth-order valence-corrected chi connectivity index (χ4v) is 1.50. The number of nitrogens with one attached hydrogen (secondary N) is 1. The van der Waals surface area contributed by atoms with Gasteiger partial charge in [-0.1, -0.05) is 19.0 Å². The van der Waals surface area contributed by atoms with Crippen LogP contribution in [0.2, 0.25) is 0 Å². The molecule has 0 heterocycles. The number of hydrogen-bond acceptors (Lipinski definition) is 3. The predicted octanol–water partition coefficient (Wildman–Crippen LogP) is 1.64. The van der Waals surface area contributed by atoms with Gasteiger partial charge in [-0.25, -0.2) is 4.39 Å². The molecule has 0 fully saturated rings. The zero-order valence-corrected chi connectivity index (χ0v) is 11.2. The zero-order chi connectivity index (χ0) is 14.6. The van der Waals surface area contributed by atoms with Gasteiger partial charge >= 0.3 is 0 Å². The Morgan fingerprint density at radius 1 is 1.47 bits per heavy atom. The standard InChI is InChI=1S/C13H18FN3O2/c1-8-4-9(6-10(14)5-8)11(18)16-7-13(2,3)12(15)17-19/h4-6,19H,7H2,1-3H3,(H2,15,17)(H,16,18). The van der Waals surface area contributed by atoms with E-state index < -0.39 is 17.1 Å². The number of rotatable bonds is 4. The molecule has 1 aromatic carbocycles. The lowest BCUT2D eigenvalue weighted by Gasteiger charge is -2.23. The molecule has 6 heteroatoms. The molecule has 0 aromatic heterocycles. The lowest BCUT2D eigenvalue weighted by atomic mass is 9.92. The molecule has 5 nitrogen and oxygen atoms in total. The first-order valence-corrected chi connectivity index (χ1v) is 5.79. The van der Waals surface area contributed by atoms with Gasteiger partial charge in [0.1, 0.15) is 11.7 Å². The van der Waals surface area contributed by atoms with E-state index in [1.165, 1.54) is 12.1 Å². The zero-order valence-electron chi connectivity index (χ0n) is 11.2. The topological polar surface area (TPSA) is 87.7 Å². The molecule has 19 heavy (non-hydrogen) atoms.